The van der Waals surface area contributed by atoms with Crippen LogP contribution in [0, 0.1) is 0 Å². The SMILES string of the molecule is CCC(C)c1ccc(S(=O)(=O)N2CCNC[C@@H]2C)cc1. The van der Waals surface area contributed by atoms with Crippen molar-refractivity contribution in [2.24, 2.45) is 0 Å². The minimum Gasteiger partial charge on any atom is -0.314 e. The van der Waals surface area contributed by atoms with E-state index in [1.165, 1.54) is 5.56 Å². The first-order chi connectivity index (χ1) is 9.46. The molecule has 112 valence electrons. The summed E-state index contributed by atoms with van der Waals surface area (Å²) in [4.78, 5) is 0.401. The number of hydrogen-bond acceptors (Lipinski definition) is 3. The molecule has 1 heterocycles. The Morgan fingerprint density at radius 1 is 1.35 bits per heavy atom. The van der Waals surface area contributed by atoms with Gasteiger partial charge in [-0.2, -0.15) is 4.31 Å². The molecule has 2 atom stereocenters. The van der Waals surface area contributed by atoms with E-state index in [1.54, 1.807) is 16.4 Å². The summed E-state index contributed by atoms with van der Waals surface area (Å²) in [6.45, 7) is 8.20. The Labute approximate surface area is 122 Å². The minimum atomic E-state index is -3.37. The highest BCUT2D eigenvalue weighted by molar-refractivity contribution is 7.89. The molecule has 1 aliphatic heterocycles. The van der Waals surface area contributed by atoms with Crippen LogP contribution < -0.4 is 5.32 Å². The smallest absolute Gasteiger partial charge is 0.243 e. The van der Waals surface area contributed by atoms with E-state index in [1.807, 2.05) is 19.1 Å². The van der Waals surface area contributed by atoms with Crippen molar-refractivity contribution in [3.63, 3.8) is 0 Å². The molecule has 20 heavy (non-hydrogen) atoms. The molecule has 0 amide bonds. The maximum atomic E-state index is 12.6. The number of rotatable bonds is 4. The number of sulfonamides is 1. The van der Waals surface area contributed by atoms with Gasteiger partial charge in [-0.1, -0.05) is 26.0 Å². The number of hydrogen-bond donors (Lipinski definition) is 1. The Kier molecular flexibility index (Phi) is 4.83. The van der Waals surface area contributed by atoms with Gasteiger partial charge in [0, 0.05) is 25.7 Å². The van der Waals surface area contributed by atoms with E-state index < -0.39 is 10.0 Å². The van der Waals surface area contributed by atoms with E-state index in [2.05, 4.69) is 19.2 Å². The fourth-order valence-corrected chi connectivity index (χ4v) is 4.15. The predicted molar refractivity (Wildman–Crippen MR) is 81.4 cm³/mol. The summed E-state index contributed by atoms with van der Waals surface area (Å²) in [6.07, 6.45) is 1.06. The van der Waals surface area contributed by atoms with Gasteiger partial charge in [0.2, 0.25) is 10.0 Å². The molecule has 1 saturated heterocycles. The van der Waals surface area contributed by atoms with Crippen LogP contribution in [-0.4, -0.2) is 38.4 Å². The molecule has 1 aromatic carbocycles. The second-order valence-corrected chi connectivity index (χ2v) is 7.44. The van der Waals surface area contributed by atoms with Crippen molar-refractivity contribution in [3.05, 3.63) is 29.8 Å². The van der Waals surface area contributed by atoms with E-state index in [0.717, 1.165) is 6.42 Å². The maximum absolute atomic E-state index is 12.6. The summed E-state index contributed by atoms with van der Waals surface area (Å²) in [6, 6.07) is 7.36. The third-order valence-corrected chi connectivity index (χ3v) is 6.14. The topological polar surface area (TPSA) is 49.4 Å². The van der Waals surface area contributed by atoms with Gasteiger partial charge in [-0.05, 0) is 37.0 Å². The largest absolute Gasteiger partial charge is 0.314 e. The molecule has 5 heteroatoms. The fraction of sp³-hybridized carbons (Fsp3) is 0.600. The van der Waals surface area contributed by atoms with E-state index in [4.69, 9.17) is 0 Å². The lowest BCUT2D eigenvalue weighted by atomic mass is 9.99. The second kappa shape index (κ2) is 6.24. The van der Waals surface area contributed by atoms with E-state index in [9.17, 15) is 8.42 Å². The number of piperazine rings is 1. The highest BCUT2D eigenvalue weighted by Crippen LogP contribution is 2.23. The van der Waals surface area contributed by atoms with Crippen LogP contribution in [0.15, 0.2) is 29.2 Å². The van der Waals surface area contributed by atoms with Crippen LogP contribution in [0.25, 0.3) is 0 Å². The first kappa shape index (κ1) is 15.5. The molecule has 0 aliphatic carbocycles. The second-order valence-electron chi connectivity index (χ2n) is 5.55. The Morgan fingerprint density at radius 2 is 2.00 bits per heavy atom. The van der Waals surface area contributed by atoms with Crippen molar-refractivity contribution in [3.8, 4) is 0 Å². The quantitative estimate of drug-likeness (QED) is 0.926. The molecule has 1 N–H and O–H groups in total. The lowest BCUT2D eigenvalue weighted by Crippen LogP contribution is -2.52. The zero-order valence-electron chi connectivity index (χ0n) is 12.5. The monoisotopic (exact) mass is 296 g/mol. The van der Waals surface area contributed by atoms with E-state index in [-0.39, 0.29) is 6.04 Å². The average Bonchev–Trinajstić information content (AvgIpc) is 2.47. The highest BCUT2D eigenvalue weighted by atomic mass is 32.2. The Hall–Kier alpha value is -0.910. The fourth-order valence-electron chi connectivity index (χ4n) is 2.52. The third kappa shape index (κ3) is 3.05. The van der Waals surface area contributed by atoms with Crippen LogP contribution in [0.4, 0.5) is 0 Å². The van der Waals surface area contributed by atoms with Gasteiger partial charge in [-0.15, -0.1) is 0 Å². The minimum absolute atomic E-state index is 0.00277. The summed E-state index contributed by atoms with van der Waals surface area (Å²) >= 11 is 0. The predicted octanol–water partition coefficient (Wildman–Crippen LogP) is 2.18. The molecular formula is C15H24N2O2S. The molecular weight excluding hydrogens is 272 g/mol. The molecule has 1 aliphatic rings. The van der Waals surface area contributed by atoms with Crippen molar-refractivity contribution in [2.75, 3.05) is 19.6 Å². The standard InChI is InChI=1S/C15H24N2O2S/c1-4-12(2)14-5-7-15(8-6-14)20(18,19)17-10-9-16-11-13(17)3/h5-8,12-13,16H,4,9-11H2,1-3H3/t12?,13-/m0/s1. The first-order valence-electron chi connectivity index (χ1n) is 7.29. The normalized spacial score (nSPS) is 22.6. The summed E-state index contributed by atoms with van der Waals surface area (Å²) in [5.41, 5.74) is 1.19. The molecule has 1 unspecified atom stereocenters. The van der Waals surface area contributed by atoms with Gasteiger partial charge in [0.05, 0.1) is 4.90 Å². The molecule has 0 bridgehead atoms. The zero-order valence-corrected chi connectivity index (χ0v) is 13.3. The molecule has 4 nitrogen and oxygen atoms in total. The highest BCUT2D eigenvalue weighted by Gasteiger charge is 2.30. The maximum Gasteiger partial charge on any atom is 0.243 e. The van der Waals surface area contributed by atoms with Crippen LogP contribution in [0.2, 0.25) is 0 Å². The third-order valence-electron chi connectivity index (χ3n) is 4.11. The summed E-state index contributed by atoms with van der Waals surface area (Å²) in [7, 11) is -3.37. The Morgan fingerprint density at radius 3 is 2.55 bits per heavy atom. The van der Waals surface area contributed by atoms with Gasteiger partial charge in [0.25, 0.3) is 0 Å². The number of nitrogens with zero attached hydrogens (tertiary/aromatic N) is 1. The van der Waals surface area contributed by atoms with Crippen LogP contribution in [0.5, 0.6) is 0 Å². The van der Waals surface area contributed by atoms with E-state index in [0.29, 0.717) is 30.4 Å². The Bertz CT molecular complexity index is 539. The van der Waals surface area contributed by atoms with Crippen molar-refractivity contribution in [2.45, 2.75) is 44.0 Å². The van der Waals surface area contributed by atoms with Crippen molar-refractivity contribution < 1.29 is 8.42 Å². The number of nitrogens with one attached hydrogen (secondary N) is 1. The van der Waals surface area contributed by atoms with Gasteiger partial charge in [0.15, 0.2) is 0 Å². The van der Waals surface area contributed by atoms with Gasteiger partial charge >= 0.3 is 0 Å². The van der Waals surface area contributed by atoms with Gasteiger partial charge in [0.1, 0.15) is 0 Å². The average molecular weight is 296 g/mol. The van der Waals surface area contributed by atoms with Crippen molar-refractivity contribution in [1.82, 2.24) is 9.62 Å². The molecule has 1 aromatic rings. The van der Waals surface area contributed by atoms with Gasteiger partial charge in [-0.25, -0.2) is 8.42 Å². The zero-order chi connectivity index (χ0) is 14.8. The lowest BCUT2D eigenvalue weighted by Gasteiger charge is -2.32. The molecule has 0 radical (unpaired) electrons. The lowest BCUT2D eigenvalue weighted by molar-refractivity contribution is 0.284. The number of benzene rings is 1. The van der Waals surface area contributed by atoms with Crippen LogP contribution >= 0.6 is 0 Å². The van der Waals surface area contributed by atoms with E-state index >= 15 is 0 Å². The van der Waals surface area contributed by atoms with Gasteiger partial charge < -0.3 is 5.32 Å². The van der Waals surface area contributed by atoms with Crippen molar-refractivity contribution >= 4 is 10.0 Å². The summed E-state index contributed by atoms with van der Waals surface area (Å²) in [5, 5.41) is 3.21. The molecule has 1 fully saturated rings. The molecule has 2 rings (SSSR count). The van der Waals surface area contributed by atoms with Crippen LogP contribution in [-0.2, 0) is 10.0 Å². The summed E-state index contributed by atoms with van der Waals surface area (Å²) < 4.78 is 26.9. The summed E-state index contributed by atoms with van der Waals surface area (Å²) in [5.74, 6) is 0.463. The molecule has 0 spiro atoms. The van der Waals surface area contributed by atoms with Gasteiger partial charge in [-0.3, -0.25) is 0 Å². The molecule has 0 aromatic heterocycles. The first-order valence-corrected chi connectivity index (χ1v) is 8.73. The van der Waals surface area contributed by atoms with Crippen LogP contribution in [0.1, 0.15) is 38.7 Å². The van der Waals surface area contributed by atoms with Crippen molar-refractivity contribution in [1.29, 1.82) is 0 Å². The molecule has 0 saturated carbocycles. The van der Waals surface area contributed by atoms with Crippen LogP contribution in [0.3, 0.4) is 0 Å². The Balaban J connectivity index is 2.25.